The Morgan fingerprint density at radius 2 is 1.34 bits per heavy atom. The number of Topliss-reactive ketones (excluding diaryl/α,β-unsaturated/α-hetero) is 1. The number of ketones is 1. The molecule has 2 aromatic rings. The summed E-state index contributed by atoms with van der Waals surface area (Å²) in [6.07, 6.45) is -5.70. The Hall–Kier alpha value is -2.20. The lowest BCUT2D eigenvalue weighted by Crippen LogP contribution is -2.63. The molecule has 0 spiro atoms. The summed E-state index contributed by atoms with van der Waals surface area (Å²) in [5.41, 5.74) is -0.0660. The van der Waals surface area contributed by atoms with Crippen LogP contribution in [0.5, 0.6) is 5.75 Å². The van der Waals surface area contributed by atoms with Gasteiger partial charge in [0.25, 0.3) is 0 Å². The molecule has 198 valence electrons. The molecular weight excluding hydrogens is 543 g/mol. The van der Waals surface area contributed by atoms with Gasteiger partial charge in [-0.1, -0.05) is 24.3 Å². The number of benzene rings is 2. The summed E-state index contributed by atoms with van der Waals surface area (Å²) in [6, 6.07) is 8.78. The summed E-state index contributed by atoms with van der Waals surface area (Å²) < 4.78 is 151. The van der Waals surface area contributed by atoms with Crippen molar-refractivity contribution in [2.45, 2.75) is 23.3 Å². The number of carbonyl (C=O) groups is 1. The van der Waals surface area contributed by atoms with Gasteiger partial charge < -0.3 is 4.74 Å². The lowest BCUT2D eigenvalue weighted by molar-refractivity contribution is -0.382. The van der Waals surface area contributed by atoms with Crippen LogP contribution in [-0.2, 0) is 13.7 Å². The van der Waals surface area contributed by atoms with Gasteiger partial charge in [-0.3, -0.25) is 4.79 Å². The predicted molar refractivity (Wildman–Crippen MR) is 110 cm³/mol. The van der Waals surface area contributed by atoms with E-state index in [9.17, 15) is 52.7 Å². The maximum atomic E-state index is 14.0. The second kappa shape index (κ2) is 9.03. The highest BCUT2D eigenvalue weighted by Gasteiger charge is 2.86. The van der Waals surface area contributed by atoms with Gasteiger partial charge in [-0.2, -0.15) is 47.9 Å². The molecule has 0 amide bonds. The van der Waals surface area contributed by atoms with E-state index in [1.165, 1.54) is 31.4 Å². The van der Waals surface area contributed by atoms with Crippen LogP contribution in [0.3, 0.4) is 0 Å². The van der Waals surface area contributed by atoms with Gasteiger partial charge in [-0.15, -0.1) is 10.3 Å². The number of methoxy groups -OCH3 is 1. The molecule has 0 radical (unpaired) electrons. The Labute approximate surface area is 194 Å². The number of fused-ring (bicyclic) bond motifs is 1. The van der Waals surface area contributed by atoms with Gasteiger partial charge in [0.1, 0.15) is 5.75 Å². The minimum absolute atomic E-state index is 0.0660. The first-order valence-corrected chi connectivity index (χ1v) is 13.0. The van der Waals surface area contributed by atoms with E-state index < -0.39 is 55.2 Å². The molecule has 0 atom stereocenters. The molecule has 0 heterocycles. The molecule has 0 unspecified atom stereocenters. The van der Waals surface area contributed by atoms with E-state index >= 15 is 0 Å². The van der Waals surface area contributed by atoms with E-state index in [4.69, 9.17) is 4.74 Å². The van der Waals surface area contributed by atoms with Crippen molar-refractivity contribution in [2.24, 2.45) is 0 Å². The zero-order valence-electron chi connectivity index (χ0n) is 17.9. The first kappa shape index (κ1) is 29.0. The summed E-state index contributed by atoms with van der Waals surface area (Å²) in [4.78, 5) is 12.8. The number of hydrogen-bond donors (Lipinski definition) is 0. The lowest BCUT2D eigenvalue weighted by atomic mass is 10.0. The predicted octanol–water partition coefficient (Wildman–Crippen LogP) is 5.78. The summed E-state index contributed by atoms with van der Waals surface area (Å²) in [5.74, 6) is -16.4. The van der Waals surface area contributed by atoms with Crippen molar-refractivity contribution in [2.75, 3.05) is 25.4 Å². The van der Waals surface area contributed by atoms with Crippen molar-refractivity contribution in [3.05, 3.63) is 42.0 Å². The van der Waals surface area contributed by atoms with Gasteiger partial charge in [0.05, 0.1) is 12.9 Å². The number of ether oxygens (including phenoxy) is 1. The third kappa shape index (κ3) is 5.05. The van der Waals surface area contributed by atoms with Crippen molar-refractivity contribution in [1.29, 1.82) is 0 Å². The summed E-state index contributed by atoms with van der Waals surface area (Å²) in [5, 5.41) is -6.28. The molecule has 5 nitrogen and oxygen atoms in total. The zero-order valence-corrected chi connectivity index (χ0v) is 19.6. The summed E-state index contributed by atoms with van der Waals surface area (Å²) >= 11 is 0. The van der Waals surface area contributed by atoms with Crippen molar-refractivity contribution in [3.8, 4) is 5.75 Å². The third-order valence-electron chi connectivity index (χ3n) is 4.59. The van der Waals surface area contributed by atoms with Crippen LogP contribution < -0.4 is 4.74 Å². The van der Waals surface area contributed by atoms with Crippen LogP contribution in [0.15, 0.2) is 36.4 Å². The number of halogens is 9. The van der Waals surface area contributed by atoms with Crippen LogP contribution in [0.2, 0.25) is 0 Å². The first-order valence-electron chi connectivity index (χ1n) is 9.08. The molecule has 0 N–H and O–H groups in total. The average molecular weight is 560 g/mol. The Morgan fingerprint density at radius 1 is 0.829 bits per heavy atom. The minimum Gasteiger partial charge on any atom is -0.496 e. The summed E-state index contributed by atoms with van der Waals surface area (Å²) in [7, 11) is -9.36. The van der Waals surface area contributed by atoms with Crippen LogP contribution in [0.4, 0.5) is 39.5 Å². The number of rotatable bonds is 9. The molecule has 0 aliphatic heterocycles. The fourth-order valence-corrected chi connectivity index (χ4v) is 6.62. The van der Waals surface area contributed by atoms with Crippen LogP contribution in [0.25, 0.3) is 10.8 Å². The highest BCUT2D eigenvalue weighted by atomic mass is 32.3. The molecule has 16 heteroatoms. The molecule has 2 rings (SSSR count). The first-order chi connectivity index (χ1) is 15.6. The standard InChI is InChI=1S/C19H17F9O5S2/c1-32-15-9-8-12(11-6-4-5-7-13(11)15)14(29)10-34(2,3)33-35(30,31)19(27,28)17(22,23)16(20,21)18(24,25)26/h4-9H,10H2,1-3H3. The monoisotopic (exact) mass is 560 g/mol. The molecule has 0 saturated heterocycles. The second-order valence-corrected chi connectivity index (χ2v) is 12.7. The zero-order chi connectivity index (χ0) is 27.3. The van der Waals surface area contributed by atoms with Crippen molar-refractivity contribution in [3.63, 3.8) is 0 Å². The van der Waals surface area contributed by atoms with Crippen LogP contribution in [0.1, 0.15) is 10.4 Å². The van der Waals surface area contributed by atoms with Gasteiger partial charge in [-0.05, 0) is 30.0 Å². The maximum absolute atomic E-state index is 14.0. The van der Waals surface area contributed by atoms with Gasteiger partial charge in [-0.25, -0.2) is 3.63 Å². The molecule has 0 aliphatic rings. The van der Waals surface area contributed by atoms with Crippen LogP contribution in [0, 0.1) is 0 Å². The van der Waals surface area contributed by atoms with E-state index in [1.807, 2.05) is 0 Å². The van der Waals surface area contributed by atoms with Crippen molar-refractivity contribution < 1.29 is 61.1 Å². The van der Waals surface area contributed by atoms with Crippen molar-refractivity contribution >= 4 is 37.0 Å². The second-order valence-electron chi connectivity index (χ2n) is 7.55. The minimum atomic E-state index is -7.43. The Bertz CT molecular complexity index is 1220. The maximum Gasteiger partial charge on any atom is 0.460 e. The molecule has 2 aromatic carbocycles. The van der Waals surface area contributed by atoms with Gasteiger partial charge in [0, 0.05) is 10.9 Å². The SMILES string of the molecule is COc1ccc(C(=O)CS(C)(C)OS(=O)(=O)C(F)(F)C(F)(F)C(F)(F)C(F)(F)F)c2ccccc12. The van der Waals surface area contributed by atoms with Gasteiger partial charge in [0.2, 0.25) is 0 Å². The highest BCUT2D eigenvalue weighted by molar-refractivity contribution is 8.32. The fourth-order valence-electron chi connectivity index (χ4n) is 2.91. The number of hydrogen-bond acceptors (Lipinski definition) is 5. The van der Waals surface area contributed by atoms with Gasteiger partial charge >= 0.3 is 33.4 Å². The highest BCUT2D eigenvalue weighted by Crippen LogP contribution is 2.57. The Kier molecular flexibility index (Phi) is 7.49. The molecule has 0 aliphatic carbocycles. The number of alkyl halides is 9. The fraction of sp³-hybridized carbons (Fsp3) is 0.421. The molecule has 0 fully saturated rings. The molecular formula is C19H17F9O5S2. The number of carbonyl (C=O) groups excluding carboxylic acids is 1. The van der Waals surface area contributed by atoms with E-state index in [2.05, 4.69) is 3.63 Å². The molecule has 0 aromatic heterocycles. The average Bonchev–Trinajstić information content (AvgIpc) is 2.70. The van der Waals surface area contributed by atoms with E-state index in [0.717, 1.165) is 12.5 Å². The smallest absolute Gasteiger partial charge is 0.460 e. The molecule has 35 heavy (non-hydrogen) atoms. The van der Waals surface area contributed by atoms with Crippen LogP contribution in [-0.4, -0.2) is 62.9 Å². The molecule has 0 saturated carbocycles. The van der Waals surface area contributed by atoms with E-state index in [1.54, 1.807) is 12.1 Å². The normalized spacial score (nSPS) is 14.7. The van der Waals surface area contributed by atoms with E-state index in [-0.39, 0.29) is 10.9 Å². The Balaban J connectivity index is 2.40. The third-order valence-corrected chi connectivity index (χ3v) is 8.62. The molecule has 0 bridgehead atoms. The van der Waals surface area contributed by atoms with Crippen molar-refractivity contribution in [1.82, 2.24) is 0 Å². The lowest BCUT2D eigenvalue weighted by Gasteiger charge is -2.35. The topological polar surface area (TPSA) is 69.7 Å². The quantitative estimate of drug-likeness (QED) is 0.287. The summed E-state index contributed by atoms with van der Waals surface area (Å²) in [6.45, 7) is 0. The largest absolute Gasteiger partial charge is 0.496 e. The van der Waals surface area contributed by atoms with Gasteiger partial charge in [0.15, 0.2) is 5.78 Å². The van der Waals surface area contributed by atoms with Crippen LogP contribution >= 0.6 is 10.3 Å². The van der Waals surface area contributed by atoms with E-state index in [0.29, 0.717) is 11.1 Å². The Morgan fingerprint density at radius 3 is 1.83 bits per heavy atom.